The topological polar surface area (TPSA) is 107 Å². The largest absolute Gasteiger partial charge is 0.433 e. The quantitative estimate of drug-likeness (QED) is 0.352. The maximum Gasteiger partial charge on any atom is 0.433 e. The lowest BCUT2D eigenvalue weighted by atomic mass is 10.4. The predicted octanol–water partition coefficient (Wildman–Crippen LogP) is 1.02. The van der Waals surface area contributed by atoms with Crippen molar-refractivity contribution >= 4 is 35.5 Å². The Morgan fingerprint density at radius 2 is 2.44 bits per heavy atom. The molecule has 0 bridgehead atoms. The summed E-state index contributed by atoms with van der Waals surface area (Å²) in [5.74, 6) is 0.0475. The van der Waals surface area contributed by atoms with Crippen molar-refractivity contribution in [3.8, 4) is 0 Å². The minimum atomic E-state index is -0.611. The zero-order valence-electron chi connectivity index (χ0n) is 7.99. The molecule has 0 radical (unpaired) electrons. The van der Waals surface area contributed by atoms with Gasteiger partial charge in [-0.1, -0.05) is 0 Å². The summed E-state index contributed by atoms with van der Waals surface area (Å²) in [6.45, 7) is 0. The standard InChI is InChI=1S/C8H8N4O3S/c9-8(16)11-10-5-1-2-6-3-4-7(15-6)12(13)14/h1-5H,(H3,9,11,16)/b2-1+,10-5-. The van der Waals surface area contributed by atoms with Crippen molar-refractivity contribution in [2.45, 2.75) is 0 Å². The van der Waals surface area contributed by atoms with E-state index in [0.717, 1.165) is 0 Å². The maximum absolute atomic E-state index is 10.3. The van der Waals surface area contributed by atoms with Gasteiger partial charge in [-0.15, -0.1) is 0 Å². The Kier molecular flexibility index (Phi) is 4.16. The third-order valence-electron chi connectivity index (χ3n) is 1.39. The predicted molar refractivity (Wildman–Crippen MR) is 62.8 cm³/mol. The average Bonchev–Trinajstić information content (AvgIpc) is 2.65. The van der Waals surface area contributed by atoms with Gasteiger partial charge < -0.3 is 10.2 Å². The van der Waals surface area contributed by atoms with Crippen LogP contribution in [0, 0.1) is 10.1 Å². The van der Waals surface area contributed by atoms with Crippen LogP contribution in [0.1, 0.15) is 5.76 Å². The molecule has 0 saturated heterocycles. The highest BCUT2D eigenvalue weighted by atomic mass is 32.1. The van der Waals surface area contributed by atoms with Crippen LogP contribution in [0.15, 0.2) is 27.7 Å². The molecule has 0 spiro atoms. The summed E-state index contributed by atoms with van der Waals surface area (Å²) < 4.78 is 4.85. The third-order valence-corrected chi connectivity index (χ3v) is 1.48. The molecule has 0 unspecified atom stereocenters. The fourth-order valence-corrected chi connectivity index (χ4v) is 0.864. The Labute approximate surface area is 95.8 Å². The highest BCUT2D eigenvalue weighted by Gasteiger charge is 2.09. The molecule has 0 aliphatic rings. The molecule has 0 fully saturated rings. The SMILES string of the molecule is NC(=S)N/N=C\C=C\c1ccc([N+](=O)[O-])o1. The van der Waals surface area contributed by atoms with E-state index in [1.165, 1.54) is 30.5 Å². The Morgan fingerprint density at radius 1 is 1.69 bits per heavy atom. The summed E-state index contributed by atoms with van der Waals surface area (Å²) in [6, 6.07) is 2.74. The van der Waals surface area contributed by atoms with E-state index < -0.39 is 4.92 Å². The zero-order valence-corrected chi connectivity index (χ0v) is 8.81. The van der Waals surface area contributed by atoms with E-state index in [1.54, 1.807) is 0 Å². The van der Waals surface area contributed by atoms with Gasteiger partial charge in [0.15, 0.2) is 5.11 Å². The first-order valence-corrected chi connectivity index (χ1v) is 4.50. The van der Waals surface area contributed by atoms with Crippen LogP contribution in [0.2, 0.25) is 0 Å². The second-order valence-electron chi connectivity index (χ2n) is 2.55. The number of thiocarbonyl (C=S) groups is 1. The smallest absolute Gasteiger partial charge is 0.401 e. The molecule has 7 nitrogen and oxygen atoms in total. The van der Waals surface area contributed by atoms with E-state index >= 15 is 0 Å². The van der Waals surface area contributed by atoms with Crippen molar-refractivity contribution in [1.82, 2.24) is 5.43 Å². The molecule has 0 saturated carbocycles. The highest BCUT2D eigenvalue weighted by Crippen LogP contribution is 2.16. The zero-order chi connectivity index (χ0) is 12.0. The van der Waals surface area contributed by atoms with Crippen LogP contribution in [0.5, 0.6) is 0 Å². The molecule has 1 aromatic rings. The summed E-state index contributed by atoms with van der Waals surface area (Å²) in [6.07, 6.45) is 4.42. The lowest BCUT2D eigenvalue weighted by Gasteiger charge is -1.90. The van der Waals surface area contributed by atoms with Gasteiger partial charge >= 0.3 is 5.88 Å². The van der Waals surface area contributed by atoms with Gasteiger partial charge in [-0.25, -0.2) is 0 Å². The highest BCUT2D eigenvalue weighted by molar-refractivity contribution is 7.80. The molecule has 1 heterocycles. The van der Waals surface area contributed by atoms with Gasteiger partial charge in [0, 0.05) is 6.21 Å². The number of hydrogen-bond donors (Lipinski definition) is 2. The van der Waals surface area contributed by atoms with Gasteiger partial charge in [-0.05, 0) is 30.4 Å². The van der Waals surface area contributed by atoms with Crippen LogP contribution in [0.3, 0.4) is 0 Å². The summed E-state index contributed by atoms with van der Waals surface area (Å²) in [5.41, 5.74) is 7.46. The molecule has 16 heavy (non-hydrogen) atoms. The van der Waals surface area contributed by atoms with Gasteiger partial charge in [0.1, 0.15) is 10.7 Å². The molecule has 0 aliphatic carbocycles. The Morgan fingerprint density at radius 3 is 3.00 bits per heavy atom. The van der Waals surface area contributed by atoms with Crippen LogP contribution in [0.4, 0.5) is 5.88 Å². The second-order valence-corrected chi connectivity index (χ2v) is 2.99. The molecule has 1 aromatic heterocycles. The molecule has 0 aromatic carbocycles. The van der Waals surface area contributed by atoms with Crippen molar-refractivity contribution < 1.29 is 9.34 Å². The van der Waals surface area contributed by atoms with Crippen LogP contribution < -0.4 is 11.2 Å². The number of nitrogens with one attached hydrogen (secondary N) is 1. The normalized spacial score (nSPS) is 11.0. The first-order chi connectivity index (χ1) is 7.59. The van der Waals surface area contributed by atoms with Crippen molar-refractivity contribution in [1.29, 1.82) is 0 Å². The van der Waals surface area contributed by atoms with Crippen LogP contribution in [-0.2, 0) is 0 Å². The van der Waals surface area contributed by atoms with E-state index in [0.29, 0.717) is 5.76 Å². The van der Waals surface area contributed by atoms with Gasteiger partial charge in [-0.3, -0.25) is 15.5 Å². The molecule has 8 heteroatoms. The molecule has 0 atom stereocenters. The van der Waals surface area contributed by atoms with E-state index in [-0.39, 0.29) is 11.0 Å². The van der Waals surface area contributed by atoms with Crippen molar-refractivity contribution in [3.63, 3.8) is 0 Å². The lowest BCUT2D eigenvalue weighted by Crippen LogP contribution is -2.23. The van der Waals surface area contributed by atoms with E-state index in [2.05, 4.69) is 22.7 Å². The number of nitro groups is 1. The molecule has 84 valence electrons. The Bertz CT molecular complexity index is 452. The third kappa shape index (κ3) is 3.88. The van der Waals surface area contributed by atoms with Crippen LogP contribution >= 0.6 is 12.2 Å². The number of furan rings is 1. The van der Waals surface area contributed by atoms with E-state index in [9.17, 15) is 10.1 Å². The van der Waals surface area contributed by atoms with Crippen LogP contribution in [0.25, 0.3) is 6.08 Å². The summed E-state index contributed by atoms with van der Waals surface area (Å²) in [4.78, 5) is 9.68. The van der Waals surface area contributed by atoms with Gasteiger partial charge in [0.05, 0.1) is 6.07 Å². The summed E-state index contributed by atoms with van der Waals surface area (Å²) in [5, 5.41) is 14.0. The summed E-state index contributed by atoms with van der Waals surface area (Å²) >= 11 is 4.51. The monoisotopic (exact) mass is 240 g/mol. The summed E-state index contributed by atoms with van der Waals surface area (Å²) in [7, 11) is 0. The molecule has 0 aliphatic heterocycles. The number of hydrazone groups is 1. The first-order valence-electron chi connectivity index (χ1n) is 4.09. The number of hydrogen-bond acceptors (Lipinski definition) is 5. The number of nitrogens with two attached hydrogens (primary N) is 1. The second kappa shape index (κ2) is 5.61. The number of allylic oxidation sites excluding steroid dienone is 1. The van der Waals surface area contributed by atoms with Gasteiger partial charge in [0.25, 0.3) is 0 Å². The molecule has 1 rings (SSSR count). The Hall–Kier alpha value is -2.22. The lowest BCUT2D eigenvalue weighted by molar-refractivity contribution is -0.402. The van der Waals surface area contributed by atoms with Crippen molar-refractivity contribution in [3.05, 3.63) is 34.1 Å². The van der Waals surface area contributed by atoms with E-state index in [4.69, 9.17) is 10.2 Å². The molecule has 3 N–H and O–H groups in total. The van der Waals surface area contributed by atoms with Gasteiger partial charge in [-0.2, -0.15) is 5.10 Å². The number of nitrogens with zero attached hydrogens (tertiary/aromatic N) is 2. The fourth-order valence-electron chi connectivity index (χ4n) is 0.812. The minimum absolute atomic E-state index is 0.0540. The maximum atomic E-state index is 10.3. The van der Waals surface area contributed by atoms with Crippen molar-refractivity contribution in [2.24, 2.45) is 10.8 Å². The Balaban J connectivity index is 2.53. The number of rotatable bonds is 4. The fraction of sp³-hybridized carbons (Fsp3) is 0. The molecule has 0 amide bonds. The van der Waals surface area contributed by atoms with Crippen molar-refractivity contribution in [2.75, 3.05) is 0 Å². The van der Waals surface area contributed by atoms with Gasteiger partial charge in [0.2, 0.25) is 0 Å². The van der Waals surface area contributed by atoms with E-state index in [1.807, 2.05) is 0 Å². The van der Waals surface area contributed by atoms with Crippen LogP contribution in [-0.4, -0.2) is 16.3 Å². The minimum Gasteiger partial charge on any atom is -0.401 e. The average molecular weight is 240 g/mol. The molecular weight excluding hydrogens is 232 g/mol. The first kappa shape index (κ1) is 11.9. The molecular formula is C8H8N4O3S.